The molecule has 52 heavy (non-hydrogen) atoms. The van der Waals surface area contributed by atoms with Crippen molar-refractivity contribution < 1.29 is 34.0 Å². The molecule has 8 nitrogen and oxygen atoms in total. The second kappa shape index (κ2) is 13.3. The molecule has 284 valence electrons. The van der Waals surface area contributed by atoms with Crippen molar-refractivity contribution in [2.45, 2.75) is 128 Å². The Morgan fingerprint density at radius 2 is 1.62 bits per heavy atom. The van der Waals surface area contributed by atoms with E-state index in [9.17, 15) is 19.8 Å². The van der Waals surface area contributed by atoms with Crippen molar-refractivity contribution in [1.29, 1.82) is 0 Å². The SMILES string of the molecule is COc1ccc(CC(=O)N(C[C@H]2CCCO2)C[C@]2(O)CC[C@H]3[C@]45C=C[C@@]6(C=C4C(=O)C4CCCCC4)CC(O)CC[C@]6(C)[C@H]5CC[C@@]32C)cc1OC. The summed E-state index contributed by atoms with van der Waals surface area (Å²) >= 11 is 0. The second-order valence-corrected chi connectivity index (χ2v) is 18.3. The van der Waals surface area contributed by atoms with Crippen molar-refractivity contribution >= 4 is 11.7 Å². The number of methoxy groups -OCH3 is 2. The van der Waals surface area contributed by atoms with Crippen molar-refractivity contribution in [3.8, 4) is 11.5 Å². The summed E-state index contributed by atoms with van der Waals surface area (Å²) in [7, 11) is 3.20. The Morgan fingerprint density at radius 1 is 0.885 bits per heavy atom. The summed E-state index contributed by atoms with van der Waals surface area (Å²) in [6, 6.07) is 5.61. The molecular formula is C44H61NO7. The first-order valence-electron chi connectivity index (χ1n) is 20.4. The molecule has 2 spiro atoms. The molecule has 2 bridgehead atoms. The van der Waals surface area contributed by atoms with Crippen LogP contribution in [0.5, 0.6) is 11.5 Å². The Bertz CT molecular complexity index is 1630. The number of allylic oxidation sites excluding steroid dienone is 4. The van der Waals surface area contributed by atoms with Crippen LogP contribution in [0.1, 0.15) is 109 Å². The molecule has 4 saturated carbocycles. The van der Waals surface area contributed by atoms with Gasteiger partial charge in [0.05, 0.1) is 45.0 Å². The Labute approximate surface area is 310 Å². The fraction of sp³-hybridized carbons (Fsp3) is 0.727. The standard InChI is InChI=1S/C44H61NO7/c1-40-17-14-31(46)25-42(40)20-21-44(33(26-42)39(48)30-9-6-5-7-10-30)36(40)15-18-41(2)37(44)16-19-43(41,49)28-45(27-32-11-8-22-52-32)38(47)24-29-12-13-34(50-3)35(23-29)51-4/h12-13,20-21,23,26,30-32,36-37,46,49H,5-11,14-19,22,24-25,27-28H2,1-4H3/t31?,32-,36-,37-,40-,41+,42+,43-,44-/m1/s1. The number of Topliss-reactive ketones (excluding diaryl/α,β-unsaturated/α-hetero) is 1. The number of aliphatic hydroxyl groups is 2. The third-order valence-corrected chi connectivity index (χ3v) is 16.0. The van der Waals surface area contributed by atoms with Gasteiger partial charge in [0.25, 0.3) is 0 Å². The van der Waals surface area contributed by atoms with E-state index < -0.39 is 16.4 Å². The minimum Gasteiger partial charge on any atom is -0.493 e. The van der Waals surface area contributed by atoms with Gasteiger partial charge in [-0.05, 0) is 106 Å². The van der Waals surface area contributed by atoms with Gasteiger partial charge in [-0.2, -0.15) is 0 Å². The molecule has 1 heterocycles. The van der Waals surface area contributed by atoms with Crippen LogP contribution in [0.15, 0.2) is 42.0 Å². The van der Waals surface area contributed by atoms with Crippen LogP contribution in [-0.2, 0) is 20.7 Å². The molecule has 9 atom stereocenters. The van der Waals surface area contributed by atoms with Gasteiger partial charge in [0, 0.05) is 40.9 Å². The van der Waals surface area contributed by atoms with Gasteiger partial charge in [0.2, 0.25) is 5.91 Å². The summed E-state index contributed by atoms with van der Waals surface area (Å²) in [6.45, 7) is 6.12. The van der Waals surface area contributed by atoms with Crippen LogP contribution in [0, 0.1) is 39.4 Å². The number of ketones is 1. The van der Waals surface area contributed by atoms with Gasteiger partial charge in [-0.15, -0.1) is 0 Å². The molecule has 1 amide bonds. The molecule has 8 aliphatic rings. The minimum atomic E-state index is -1.12. The molecule has 7 aliphatic carbocycles. The molecule has 5 fully saturated rings. The Morgan fingerprint density at radius 3 is 2.35 bits per heavy atom. The molecule has 0 aromatic heterocycles. The van der Waals surface area contributed by atoms with Crippen molar-refractivity contribution in [3.63, 3.8) is 0 Å². The maximum absolute atomic E-state index is 14.9. The van der Waals surface area contributed by atoms with Crippen molar-refractivity contribution in [1.82, 2.24) is 4.90 Å². The van der Waals surface area contributed by atoms with Crippen LogP contribution in [0.4, 0.5) is 0 Å². The molecule has 1 aromatic carbocycles. The first-order chi connectivity index (χ1) is 24.9. The van der Waals surface area contributed by atoms with Crippen LogP contribution in [-0.4, -0.2) is 78.5 Å². The van der Waals surface area contributed by atoms with E-state index in [0.29, 0.717) is 43.3 Å². The van der Waals surface area contributed by atoms with Gasteiger partial charge in [0.15, 0.2) is 17.3 Å². The zero-order valence-corrected chi connectivity index (χ0v) is 32.0. The van der Waals surface area contributed by atoms with Crippen LogP contribution >= 0.6 is 0 Å². The number of fused-ring (bicyclic) bond motifs is 1. The highest BCUT2D eigenvalue weighted by atomic mass is 16.5. The topological polar surface area (TPSA) is 106 Å². The Balaban J connectivity index is 1.14. The van der Waals surface area contributed by atoms with Gasteiger partial charge in [-0.3, -0.25) is 9.59 Å². The molecule has 1 aromatic rings. The van der Waals surface area contributed by atoms with E-state index in [-0.39, 0.29) is 59.7 Å². The summed E-state index contributed by atoms with van der Waals surface area (Å²) < 4.78 is 17.1. The lowest BCUT2D eigenvalue weighted by Gasteiger charge is -2.71. The average Bonchev–Trinajstić information content (AvgIpc) is 3.76. The lowest BCUT2D eigenvalue weighted by atomic mass is 9.32. The predicted molar refractivity (Wildman–Crippen MR) is 199 cm³/mol. The number of hydrogen-bond donors (Lipinski definition) is 2. The Kier molecular flexibility index (Phi) is 9.26. The number of ether oxygens (including phenoxy) is 3. The maximum atomic E-state index is 14.9. The number of nitrogens with zero attached hydrogens (tertiary/aromatic N) is 1. The van der Waals surface area contributed by atoms with Crippen LogP contribution in [0.3, 0.4) is 0 Å². The van der Waals surface area contributed by atoms with E-state index in [0.717, 1.165) is 81.8 Å². The monoisotopic (exact) mass is 715 g/mol. The molecule has 2 N–H and O–H groups in total. The number of hydrogen-bond acceptors (Lipinski definition) is 7. The minimum absolute atomic E-state index is 0.0311. The maximum Gasteiger partial charge on any atom is 0.227 e. The van der Waals surface area contributed by atoms with E-state index >= 15 is 0 Å². The summed E-state index contributed by atoms with van der Waals surface area (Å²) in [5, 5.41) is 24.2. The molecule has 1 aliphatic heterocycles. The second-order valence-electron chi connectivity index (χ2n) is 18.3. The number of aliphatic hydroxyl groups excluding tert-OH is 1. The average molecular weight is 716 g/mol. The number of rotatable bonds is 10. The predicted octanol–water partition coefficient (Wildman–Crippen LogP) is 6.99. The molecular weight excluding hydrogens is 654 g/mol. The molecule has 1 saturated heterocycles. The first-order valence-corrected chi connectivity index (χ1v) is 20.4. The largest absolute Gasteiger partial charge is 0.493 e. The highest BCUT2D eigenvalue weighted by Crippen LogP contribution is 2.78. The van der Waals surface area contributed by atoms with Crippen molar-refractivity contribution in [3.05, 3.63) is 47.6 Å². The number of amides is 1. The summed E-state index contributed by atoms with van der Waals surface area (Å²) in [6.07, 6.45) is 19.8. The zero-order chi connectivity index (χ0) is 36.5. The van der Waals surface area contributed by atoms with E-state index in [4.69, 9.17) is 14.2 Å². The van der Waals surface area contributed by atoms with Crippen LogP contribution in [0.25, 0.3) is 0 Å². The van der Waals surface area contributed by atoms with Gasteiger partial charge in [-0.25, -0.2) is 0 Å². The van der Waals surface area contributed by atoms with Crippen LogP contribution in [0.2, 0.25) is 0 Å². The summed E-state index contributed by atoms with van der Waals surface area (Å²) in [4.78, 5) is 31.1. The summed E-state index contributed by atoms with van der Waals surface area (Å²) in [5.41, 5.74) is -0.602. The quantitative estimate of drug-likeness (QED) is 0.252. The zero-order valence-electron chi connectivity index (χ0n) is 32.0. The lowest BCUT2D eigenvalue weighted by molar-refractivity contribution is -0.181. The smallest absolute Gasteiger partial charge is 0.227 e. The van der Waals surface area contributed by atoms with Crippen LogP contribution < -0.4 is 9.47 Å². The van der Waals surface area contributed by atoms with Crippen molar-refractivity contribution in [2.24, 2.45) is 39.4 Å². The fourth-order valence-corrected chi connectivity index (χ4v) is 13.1. The highest BCUT2D eigenvalue weighted by Gasteiger charge is 2.74. The number of benzene rings is 1. The van der Waals surface area contributed by atoms with Gasteiger partial charge < -0.3 is 29.3 Å². The molecule has 1 unspecified atom stereocenters. The van der Waals surface area contributed by atoms with Gasteiger partial charge in [0.1, 0.15) is 0 Å². The van der Waals surface area contributed by atoms with E-state index in [1.165, 1.54) is 6.42 Å². The van der Waals surface area contributed by atoms with E-state index in [1.807, 2.05) is 23.1 Å². The van der Waals surface area contributed by atoms with Gasteiger partial charge in [-0.1, -0.05) is 57.4 Å². The van der Waals surface area contributed by atoms with Crippen molar-refractivity contribution in [2.75, 3.05) is 33.9 Å². The number of carbonyl (C=O) groups is 2. The Hall–Kier alpha value is -2.68. The normalized spacial score (nSPS) is 40.8. The highest BCUT2D eigenvalue weighted by molar-refractivity contribution is 6.00. The van der Waals surface area contributed by atoms with Gasteiger partial charge >= 0.3 is 0 Å². The number of carbonyl (C=O) groups excluding carboxylic acids is 2. The summed E-state index contributed by atoms with van der Waals surface area (Å²) in [5.74, 6) is 1.92. The van der Waals surface area contributed by atoms with E-state index in [2.05, 4.69) is 32.1 Å². The third kappa shape index (κ3) is 5.38. The third-order valence-electron chi connectivity index (χ3n) is 16.0. The first kappa shape index (κ1) is 36.3. The fourth-order valence-electron chi connectivity index (χ4n) is 13.1. The van der Waals surface area contributed by atoms with E-state index in [1.54, 1.807) is 14.2 Å². The lowest BCUT2D eigenvalue weighted by Crippen LogP contribution is -2.67. The molecule has 0 radical (unpaired) electrons. The molecule has 9 rings (SSSR count). The molecule has 8 heteroatoms.